The van der Waals surface area contributed by atoms with Crippen molar-refractivity contribution in [3.05, 3.63) is 51.9 Å². The van der Waals surface area contributed by atoms with E-state index >= 15 is 0 Å². The molecule has 3 rings (SSSR count). The number of thiocarbonyl (C=S) groups is 1. The highest BCUT2D eigenvalue weighted by atomic mass is 32.1. The number of hydrogen-bond acceptors (Lipinski definition) is 5. The molecule has 0 bridgehead atoms. The fourth-order valence-corrected chi connectivity index (χ4v) is 5.45. The number of amides is 2. The third-order valence-corrected chi connectivity index (χ3v) is 7.12. The number of nitrogens with two attached hydrogens (primary N) is 1. The van der Waals surface area contributed by atoms with Gasteiger partial charge in [0.05, 0.1) is 12.7 Å². The summed E-state index contributed by atoms with van der Waals surface area (Å²) in [6, 6.07) is 7.33. The molecule has 170 valence electrons. The number of thiophene rings is 1. The molecule has 0 saturated heterocycles. The van der Waals surface area contributed by atoms with E-state index in [0.29, 0.717) is 16.5 Å². The van der Waals surface area contributed by atoms with Gasteiger partial charge in [-0.3, -0.25) is 14.9 Å². The van der Waals surface area contributed by atoms with Gasteiger partial charge in [0.1, 0.15) is 10.8 Å². The maximum absolute atomic E-state index is 12.3. The van der Waals surface area contributed by atoms with Crippen LogP contribution in [0.25, 0.3) is 6.08 Å². The van der Waals surface area contributed by atoms with Crippen LogP contribution in [0.5, 0.6) is 5.75 Å². The second-order valence-electron chi connectivity index (χ2n) is 8.93. The van der Waals surface area contributed by atoms with E-state index < -0.39 is 5.91 Å². The van der Waals surface area contributed by atoms with Crippen molar-refractivity contribution in [3.8, 4) is 5.75 Å². The zero-order valence-corrected chi connectivity index (χ0v) is 20.4. The number of methoxy groups -OCH3 is 1. The van der Waals surface area contributed by atoms with Gasteiger partial charge in [-0.2, -0.15) is 0 Å². The summed E-state index contributed by atoms with van der Waals surface area (Å²) in [5, 5.41) is 6.37. The molecule has 0 spiro atoms. The van der Waals surface area contributed by atoms with Gasteiger partial charge >= 0.3 is 0 Å². The molecule has 0 aliphatic heterocycles. The van der Waals surface area contributed by atoms with Crippen LogP contribution in [-0.4, -0.2) is 24.0 Å². The first-order valence-corrected chi connectivity index (χ1v) is 11.7. The van der Waals surface area contributed by atoms with Crippen molar-refractivity contribution in [3.63, 3.8) is 0 Å². The topological polar surface area (TPSA) is 93.4 Å². The Kier molecular flexibility index (Phi) is 7.36. The Morgan fingerprint density at radius 3 is 2.53 bits per heavy atom. The quantitative estimate of drug-likeness (QED) is 0.440. The highest BCUT2D eigenvalue weighted by molar-refractivity contribution is 7.80. The molecule has 4 N–H and O–H groups in total. The summed E-state index contributed by atoms with van der Waals surface area (Å²) in [6.07, 6.45) is 5.83. The first-order valence-electron chi connectivity index (χ1n) is 10.5. The van der Waals surface area contributed by atoms with Crippen LogP contribution in [0.4, 0.5) is 5.00 Å². The molecule has 1 heterocycles. The third kappa shape index (κ3) is 5.75. The monoisotopic (exact) mass is 471 g/mol. The lowest BCUT2D eigenvalue weighted by atomic mass is 9.72. The van der Waals surface area contributed by atoms with Gasteiger partial charge in [0.15, 0.2) is 5.11 Å². The van der Waals surface area contributed by atoms with Gasteiger partial charge in [0, 0.05) is 11.0 Å². The summed E-state index contributed by atoms with van der Waals surface area (Å²) < 4.78 is 5.12. The van der Waals surface area contributed by atoms with Crippen LogP contribution in [0.1, 0.15) is 53.6 Å². The normalized spacial score (nSPS) is 15.8. The SMILES string of the molecule is COc1ccc(/C=C/C(=O)NC(=S)Nc2sc3c(c2C(N)=O)CC[C@@H](C(C)(C)C)C3)cc1. The number of carbonyl (C=O) groups is 2. The first kappa shape index (κ1) is 23.9. The molecule has 0 saturated carbocycles. The predicted molar refractivity (Wildman–Crippen MR) is 134 cm³/mol. The molecule has 0 radical (unpaired) electrons. The second-order valence-corrected chi connectivity index (χ2v) is 10.4. The summed E-state index contributed by atoms with van der Waals surface area (Å²) in [5.74, 6) is 0.437. The van der Waals surface area contributed by atoms with E-state index in [1.54, 1.807) is 13.2 Å². The van der Waals surface area contributed by atoms with Crippen LogP contribution in [0.15, 0.2) is 30.3 Å². The molecular formula is C24H29N3O3S2. The summed E-state index contributed by atoms with van der Waals surface area (Å²) >= 11 is 6.80. The highest BCUT2D eigenvalue weighted by Crippen LogP contribution is 2.44. The molecule has 6 nitrogen and oxygen atoms in total. The average molecular weight is 472 g/mol. The van der Waals surface area contributed by atoms with Crippen molar-refractivity contribution in [1.29, 1.82) is 0 Å². The van der Waals surface area contributed by atoms with E-state index in [1.165, 1.54) is 22.3 Å². The summed E-state index contributed by atoms with van der Waals surface area (Å²) in [5.41, 5.74) is 8.24. The molecule has 1 aliphatic carbocycles. The number of rotatable bonds is 5. The molecule has 1 aliphatic rings. The maximum Gasteiger partial charge on any atom is 0.251 e. The van der Waals surface area contributed by atoms with Gasteiger partial charge in [-0.1, -0.05) is 32.9 Å². The van der Waals surface area contributed by atoms with Crippen LogP contribution in [-0.2, 0) is 17.6 Å². The van der Waals surface area contributed by atoms with Gasteiger partial charge in [-0.05, 0) is 72.1 Å². The van der Waals surface area contributed by atoms with E-state index in [9.17, 15) is 9.59 Å². The first-order chi connectivity index (χ1) is 15.1. The Balaban J connectivity index is 1.68. The van der Waals surface area contributed by atoms with Crippen LogP contribution >= 0.6 is 23.6 Å². The molecule has 1 aromatic carbocycles. The smallest absolute Gasteiger partial charge is 0.251 e. The third-order valence-electron chi connectivity index (χ3n) is 5.74. The number of anilines is 1. The highest BCUT2D eigenvalue weighted by Gasteiger charge is 2.33. The molecular weight excluding hydrogens is 442 g/mol. The zero-order valence-electron chi connectivity index (χ0n) is 18.8. The number of carbonyl (C=O) groups excluding carboxylic acids is 2. The van der Waals surface area contributed by atoms with Crippen LogP contribution in [0.2, 0.25) is 0 Å². The second kappa shape index (κ2) is 9.83. The largest absolute Gasteiger partial charge is 0.497 e. The molecule has 1 atom stereocenters. The lowest BCUT2D eigenvalue weighted by Crippen LogP contribution is -2.33. The van der Waals surface area contributed by atoms with Crippen LogP contribution in [0.3, 0.4) is 0 Å². The molecule has 0 fully saturated rings. The predicted octanol–water partition coefficient (Wildman–Crippen LogP) is 4.53. The Hall–Kier alpha value is -2.71. The van der Waals surface area contributed by atoms with Gasteiger partial charge < -0.3 is 15.8 Å². The lowest BCUT2D eigenvalue weighted by Gasteiger charge is -2.33. The standard InChI is InChI=1S/C24H29N3O3S2/c1-24(2,3)15-8-11-17-18(13-15)32-22(20(17)21(25)29)27-23(31)26-19(28)12-7-14-5-9-16(30-4)10-6-14/h5-7,9-10,12,15H,8,11,13H2,1-4H3,(H2,25,29)(H2,26,27,28,31)/b12-7+/t15-/m1/s1. The van der Waals surface area contributed by atoms with Crippen LogP contribution < -0.4 is 21.1 Å². The van der Waals surface area contributed by atoms with Gasteiger partial charge in [-0.25, -0.2) is 0 Å². The van der Waals surface area contributed by atoms with Gasteiger partial charge in [0.25, 0.3) is 5.91 Å². The number of ether oxygens (including phenoxy) is 1. The van der Waals surface area contributed by atoms with Crippen molar-refractivity contribution in [1.82, 2.24) is 5.32 Å². The Morgan fingerprint density at radius 2 is 1.94 bits per heavy atom. The molecule has 8 heteroatoms. The summed E-state index contributed by atoms with van der Waals surface area (Å²) in [4.78, 5) is 25.6. The maximum atomic E-state index is 12.3. The Bertz CT molecular complexity index is 1050. The molecule has 1 aromatic heterocycles. The zero-order chi connectivity index (χ0) is 23.5. The molecule has 2 amide bonds. The van der Waals surface area contributed by atoms with E-state index in [1.807, 2.05) is 24.3 Å². The number of primary amides is 1. The van der Waals surface area contributed by atoms with Gasteiger partial charge in [0.2, 0.25) is 5.91 Å². The van der Waals surface area contributed by atoms with Crippen molar-refractivity contribution < 1.29 is 14.3 Å². The number of benzene rings is 1. The van der Waals surface area contributed by atoms with Crippen molar-refractivity contribution in [2.75, 3.05) is 12.4 Å². The van der Waals surface area contributed by atoms with Crippen molar-refractivity contribution >= 4 is 51.6 Å². The van der Waals surface area contributed by atoms with E-state index in [2.05, 4.69) is 31.4 Å². The number of hydrogen-bond donors (Lipinski definition) is 3. The summed E-state index contributed by atoms with van der Waals surface area (Å²) in [6.45, 7) is 6.73. The minimum atomic E-state index is -0.479. The Labute approximate surface area is 198 Å². The average Bonchev–Trinajstić information content (AvgIpc) is 3.08. The minimum absolute atomic E-state index is 0.128. The van der Waals surface area contributed by atoms with E-state index in [-0.39, 0.29) is 16.4 Å². The number of fused-ring (bicyclic) bond motifs is 1. The van der Waals surface area contributed by atoms with Crippen LogP contribution in [0, 0.1) is 11.3 Å². The fourth-order valence-electron chi connectivity index (χ4n) is 3.85. The molecule has 0 unspecified atom stereocenters. The number of nitrogens with one attached hydrogen (secondary N) is 2. The minimum Gasteiger partial charge on any atom is -0.497 e. The van der Waals surface area contributed by atoms with Crippen molar-refractivity contribution in [2.45, 2.75) is 40.0 Å². The lowest BCUT2D eigenvalue weighted by molar-refractivity contribution is -0.115. The Morgan fingerprint density at radius 1 is 1.25 bits per heavy atom. The van der Waals surface area contributed by atoms with Crippen molar-refractivity contribution in [2.24, 2.45) is 17.1 Å². The summed E-state index contributed by atoms with van der Waals surface area (Å²) in [7, 11) is 1.60. The molecule has 32 heavy (non-hydrogen) atoms. The fraction of sp³-hybridized carbons (Fsp3) is 0.375. The van der Waals surface area contributed by atoms with E-state index in [4.69, 9.17) is 22.7 Å². The van der Waals surface area contributed by atoms with E-state index in [0.717, 1.165) is 36.1 Å². The van der Waals surface area contributed by atoms with Gasteiger partial charge in [-0.15, -0.1) is 11.3 Å². The molecule has 2 aromatic rings.